The van der Waals surface area contributed by atoms with Gasteiger partial charge in [-0.1, -0.05) is 70.0 Å². The molecule has 0 aliphatic heterocycles. The predicted molar refractivity (Wildman–Crippen MR) is 115 cm³/mol. The largest absolute Gasteiger partial charge is 0.245 e. The van der Waals surface area contributed by atoms with E-state index in [1.54, 1.807) is 6.21 Å². The van der Waals surface area contributed by atoms with Gasteiger partial charge >= 0.3 is 0 Å². The van der Waals surface area contributed by atoms with E-state index in [0.717, 1.165) is 32.2 Å². The van der Waals surface area contributed by atoms with Crippen molar-refractivity contribution in [1.82, 2.24) is 9.97 Å². The minimum atomic E-state index is 0.471. The summed E-state index contributed by atoms with van der Waals surface area (Å²) in [5.74, 6) is 0.471. The number of anilines is 1. The zero-order valence-electron chi connectivity index (χ0n) is 14.7. The minimum absolute atomic E-state index is 0.471. The van der Waals surface area contributed by atoms with Gasteiger partial charge in [0.1, 0.15) is 0 Å². The summed E-state index contributed by atoms with van der Waals surface area (Å²) in [6, 6.07) is 24.2. The number of nitrogens with zero attached hydrogens (tertiary/aromatic N) is 3. The van der Waals surface area contributed by atoms with Crippen LogP contribution in [0.4, 0.5) is 5.95 Å². The maximum atomic E-state index is 4.71. The van der Waals surface area contributed by atoms with Crippen molar-refractivity contribution < 1.29 is 0 Å². The fourth-order valence-corrected chi connectivity index (χ4v) is 3.09. The molecule has 4 nitrogen and oxygen atoms in total. The number of hydrogen-bond acceptors (Lipinski definition) is 4. The maximum absolute atomic E-state index is 4.71. The lowest BCUT2D eigenvalue weighted by molar-refractivity contribution is 1.15. The van der Waals surface area contributed by atoms with Crippen LogP contribution in [0.3, 0.4) is 0 Å². The monoisotopic (exact) mass is 416 g/mol. The fourth-order valence-electron chi connectivity index (χ4n) is 2.82. The molecule has 0 spiro atoms. The van der Waals surface area contributed by atoms with Crippen molar-refractivity contribution in [2.45, 2.75) is 6.92 Å². The van der Waals surface area contributed by atoms with Gasteiger partial charge in [0.25, 0.3) is 0 Å². The Labute approximate surface area is 166 Å². The molecule has 5 heteroatoms. The van der Waals surface area contributed by atoms with Crippen LogP contribution in [0.2, 0.25) is 0 Å². The molecular formula is C22H17BrN4. The van der Waals surface area contributed by atoms with Crippen LogP contribution in [0.5, 0.6) is 0 Å². The second-order valence-corrected chi connectivity index (χ2v) is 7.12. The molecule has 0 saturated heterocycles. The molecule has 0 fully saturated rings. The zero-order valence-corrected chi connectivity index (χ0v) is 16.3. The topological polar surface area (TPSA) is 50.2 Å². The average molecular weight is 417 g/mol. The van der Waals surface area contributed by atoms with E-state index in [1.165, 1.54) is 5.56 Å². The molecule has 1 aromatic heterocycles. The van der Waals surface area contributed by atoms with E-state index in [2.05, 4.69) is 62.6 Å². The first kappa shape index (κ1) is 17.4. The van der Waals surface area contributed by atoms with Gasteiger partial charge in [-0.05, 0) is 36.8 Å². The second kappa shape index (κ2) is 7.68. The van der Waals surface area contributed by atoms with Crippen molar-refractivity contribution in [2.75, 3.05) is 5.43 Å². The lowest BCUT2D eigenvalue weighted by Crippen LogP contribution is -2.00. The van der Waals surface area contributed by atoms with Gasteiger partial charge in [-0.2, -0.15) is 5.10 Å². The third-order valence-corrected chi connectivity index (χ3v) is 4.68. The van der Waals surface area contributed by atoms with Crippen LogP contribution in [0.25, 0.3) is 22.2 Å². The van der Waals surface area contributed by atoms with E-state index in [4.69, 9.17) is 4.98 Å². The van der Waals surface area contributed by atoms with Crippen molar-refractivity contribution in [1.29, 1.82) is 0 Å². The molecular weight excluding hydrogens is 400 g/mol. The van der Waals surface area contributed by atoms with Crippen LogP contribution in [0.1, 0.15) is 11.1 Å². The highest BCUT2D eigenvalue weighted by molar-refractivity contribution is 9.10. The first-order valence-corrected chi connectivity index (χ1v) is 9.37. The van der Waals surface area contributed by atoms with Gasteiger partial charge < -0.3 is 0 Å². The molecule has 3 aromatic carbocycles. The Kier molecular flexibility index (Phi) is 4.94. The summed E-state index contributed by atoms with van der Waals surface area (Å²) in [5, 5.41) is 5.32. The molecule has 27 heavy (non-hydrogen) atoms. The number of aryl methyl sites for hydroxylation is 1. The predicted octanol–water partition coefficient (Wildman–Crippen LogP) is 5.81. The zero-order chi connectivity index (χ0) is 18.6. The summed E-state index contributed by atoms with van der Waals surface area (Å²) in [4.78, 5) is 9.32. The standard InChI is InChI=1S/C22H17BrN4/c1-15-7-12-20-19(13-15)21(17-5-3-2-4-6-17)26-22(25-20)27-24-14-16-8-10-18(23)11-9-16/h2-14H,1H3,(H,25,26,27). The second-order valence-electron chi connectivity index (χ2n) is 6.20. The van der Waals surface area contributed by atoms with Crippen LogP contribution in [0.15, 0.2) is 82.4 Å². The summed E-state index contributed by atoms with van der Waals surface area (Å²) in [6.07, 6.45) is 1.75. The quantitative estimate of drug-likeness (QED) is 0.337. The van der Waals surface area contributed by atoms with Crippen LogP contribution in [-0.2, 0) is 0 Å². The first-order chi connectivity index (χ1) is 13.2. The van der Waals surface area contributed by atoms with Gasteiger partial charge in [0.15, 0.2) is 0 Å². The molecule has 0 bridgehead atoms. The molecule has 1 heterocycles. The van der Waals surface area contributed by atoms with Crippen LogP contribution >= 0.6 is 15.9 Å². The Hall–Kier alpha value is -3.05. The molecule has 0 aliphatic rings. The number of nitrogens with one attached hydrogen (secondary N) is 1. The normalized spacial score (nSPS) is 11.2. The Balaban J connectivity index is 1.71. The molecule has 132 valence electrons. The molecule has 0 saturated carbocycles. The number of aromatic nitrogens is 2. The highest BCUT2D eigenvalue weighted by atomic mass is 79.9. The Morgan fingerprint density at radius 2 is 1.70 bits per heavy atom. The van der Waals surface area contributed by atoms with E-state index < -0.39 is 0 Å². The van der Waals surface area contributed by atoms with E-state index in [9.17, 15) is 0 Å². The van der Waals surface area contributed by atoms with Gasteiger partial charge in [-0.25, -0.2) is 15.4 Å². The van der Waals surface area contributed by atoms with Gasteiger partial charge in [0.05, 0.1) is 17.4 Å². The number of benzene rings is 3. The lowest BCUT2D eigenvalue weighted by Gasteiger charge is -2.09. The van der Waals surface area contributed by atoms with Crippen molar-refractivity contribution in [2.24, 2.45) is 5.10 Å². The molecule has 4 rings (SSSR count). The Morgan fingerprint density at radius 3 is 2.48 bits per heavy atom. The molecule has 0 aliphatic carbocycles. The van der Waals surface area contributed by atoms with Crippen molar-refractivity contribution in [3.63, 3.8) is 0 Å². The minimum Gasteiger partial charge on any atom is -0.245 e. The van der Waals surface area contributed by atoms with Gasteiger partial charge in [0.2, 0.25) is 5.95 Å². The summed E-state index contributed by atoms with van der Waals surface area (Å²) < 4.78 is 1.04. The van der Waals surface area contributed by atoms with Crippen LogP contribution in [-0.4, -0.2) is 16.2 Å². The van der Waals surface area contributed by atoms with Gasteiger partial charge in [-0.3, -0.25) is 0 Å². The van der Waals surface area contributed by atoms with E-state index in [0.29, 0.717) is 5.95 Å². The highest BCUT2D eigenvalue weighted by Gasteiger charge is 2.09. The number of halogens is 1. The average Bonchev–Trinajstić information content (AvgIpc) is 2.70. The summed E-state index contributed by atoms with van der Waals surface area (Å²) in [5.41, 5.74) is 7.96. The molecule has 4 aromatic rings. The molecule has 1 N–H and O–H groups in total. The van der Waals surface area contributed by atoms with E-state index in [1.807, 2.05) is 48.5 Å². The smallest absolute Gasteiger partial charge is 0.244 e. The lowest BCUT2D eigenvalue weighted by atomic mass is 10.0. The van der Waals surface area contributed by atoms with Crippen molar-refractivity contribution >= 4 is 39.0 Å². The van der Waals surface area contributed by atoms with Crippen molar-refractivity contribution in [3.05, 3.63) is 88.4 Å². The summed E-state index contributed by atoms with van der Waals surface area (Å²) in [6.45, 7) is 2.07. The molecule has 0 unspecified atom stereocenters. The number of rotatable bonds is 4. The summed E-state index contributed by atoms with van der Waals surface area (Å²) in [7, 11) is 0. The molecule has 0 amide bonds. The highest BCUT2D eigenvalue weighted by Crippen LogP contribution is 2.28. The fraction of sp³-hybridized carbons (Fsp3) is 0.0455. The Bertz CT molecular complexity index is 1110. The molecule has 0 atom stereocenters. The Morgan fingerprint density at radius 1 is 0.926 bits per heavy atom. The van der Waals surface area contributed by atoms with Crippen molar-refractivity contribution in [3.8, 4) is 11.3 Å². The summed E-state index contributed by atoms with van der Waals surface area (Å²) >= 11 is 3.43. The maximum Gasteiger partial charge on any atom is 0.244 e. The van der Waals surface area contributed by atoms with Crippen LogP contribution < -0.4 is 5.43 Å². The number of hydrazone groups is 1. The number of fused-ring (bicyclic) bond motifs is 1. The third-order valence-electron chi connectivity index (χ3n) is 4.15. The first-order valence-electron chi connectivity index (χ1n) is 8.57. The SMILES string of the molecule is Cc1ccc2nc(NN=Cc3ccc(Br)cc3)nc(-c3ccccc3)c2c1. The number of hydrogen-bond donors (Lipinski definition) is 1. The van der Waals surface area contributed by atoms with E-state index >= 15 is 0 Å². The molecule has 0 radical (unpaired) electrons. The van der Waals surface area contributed by atoms with E-state index in [-0.39, 0.29) is 0 Å². The third kappa shape index (κ3) is 4.04. The van der Waals surface area contributed by atoms with Gasteiger partial charge in [-0.15, -0.1) is 0 Å². The van der Waals surface area contributed by atoms with Crippen LogP contribution in [0, 0.1) is 6.92 Å². The van der Waals surface area contributed by atoms with Gasteiger partial charge in [0, 0.05) is 15.4 Å².